The second-order valence-electron chi connectivity index (χ2n) is 6.51. The summed E-state index contributed by atoms with van der Waals surface area (Å²) in [5, 5.41) is 8.34. The largest absolute Gasteiger partial charge is 0.450 e. The Morgan fingerprint density at radius 1 is 1.23 bits per heavy atom. The number of nitrogens with one attached hydrogen (secondary N) is 1. The van der Waals surface area contributed by atoms with Crippen LogP contribution in [-0.4, -0.2) is 30.4 Å². The number of benzene rings is 1. The molecule has 26 heavy (non-hydrogen) atoms. The van der Waals surface area contributed by atoms with E-state index in [1.54, 1.807) is 11.3 Å². The molecule has 1 atom stereocenters. The highest BCUT2D eigenvalue weighted by Crippen LogP contribution is 2.28. The number of nitrogens with zero attached hydrogens (tertiary/aromatic N) is 1. The van der Waals surface area contributed by atoms with Crippen molar-refractivity contribution in [2.75, 3.05) is 19.6 Å². The van der Waals surface area contributed by atoms with Gasteiger partial charge in [-0.15, -0.1) is 0 Å². The molecule has 0 aliphatic carbocycles. The van der Waals surface area contributed by atoms with E-state index in [0.717, 1.165) is 35.2 Å². The Hall–Kier alpha value is -2.11. The first-order valence-electron chi connectivity index (χ1n) is 9.09. The molecule has 0 saturated carbocycles. The zero-order valence-electron chi connectivity index (χ0n) is 15.8. The highest BCUT2D eigenvalue weighted by molar-refractivity contribution is 7.07. The molecule has 2 aromatic heterocycles. The Bertz CT molecular complexity index is 879. The summed E-state index contributed by atoms with van der Waals surface area (Å²) in [5.74, 6) is 0.267. The molecular weight excluding hydrogens is 344 g/mol. The monoisotopic (exact) mass is 370 g/mol. The van der Waals surface area contributed by atoms with Gasteiger partial charge in [-0.3, -0.25) is 9.69 Å². The number of furan rings is 1. The number of likely N-dealkylation sites (N-methyl/N-ethyl adjacent to an activating group) is 1. The van der Waals surface area contributed by atoms with Gasteiger partial charge in [0, 0.05) is 17.5 Å². The molecule has 1 unspecified atom stereocenters. The van der Waals surface area contributed by atoms with Gasteiger partial charge in [0.25, 0.3) is 5.91 Å². The van der Waals surface area contributed by atoms with Crippen molar-refractivity contribution in [3.8, 4) is 0 Å². The summed E-state index contributed by atoms with van der Waals surface area (Å²) < 4.78 is 5.90. The van der Waals surface area contributed by atoms with E-state index in [1.807, 2.05) is 32.0 Å². The first kappa shape index (κ1) is 18.7. The number of rotatable bonds is 7. The molecule has 3 rings (SSSR count). The lowest BCUT2D eigenvalue weighted by Crippen LogP contribution is -2.38. The van der Waals surface area contributed by atoms with Gasteiger partial charge in [0.2, 0.25) is 0 Å². The fourth-order valence-electron chi connectivity index (χ4n) is 3.46. The zero-order chi connectivity index (χ0) is 18.7. The maximum absolute atomic E-state index is 12.8. The quantitative estimate of drug-likeness (QED) is 0.642. The summed E-state index contributed by atoms with van der Waals surface area (Å²) in [6.45, 7) is 10.7. The molecule has 0 aliphatic rings. The lowest BCUT2D eigenvalue weighted by atomic mass is 10.1. The lowest BCUT2D eigenvalue weighted by Gasteiger charge is -2.29. The van der Waals surface area contributed by atoms with Crippen molar-refractivity contribution in [1.29, 1.82) is 0 Å². The van der Waals surface area contributed by atoms with E-state index >= 15 is 0 Å². The number of carbonyl (C=O) groups is 1. The van der Waals surface area contributed by atoms with Crippen molar-refractivity contribution in [3.63, 3.8) is 0 Å². The second-order valence-corrected chi connectivity index (χ2v) is 7.29. The molecule has 0 saturated heterocycles. The van der Waals surface area contributed by atoms with Gasteiger partial charge >= 0.3 is 0 Å². The summed E-state index contributed by atoms with van der Waals surface area (Å²) in [6, 6.07) is 8.30. The fraction of sp³-hybridized carbons (Fsp3) is 0.381. The minimum atomic E-state index is -0.148. The van der Waals surface area contributed by atoms with Crippen molar-refractivity contribution < 1.29 is 9.21 Å². The smallest absolute Gasteiger partial charge is 0.287 e. The second kappa shape index (κ2) is 8.06. The number of para-hydroxylation sites is 1. The molecule has 0 fully saturated rings. The van der Waals surface area contributed by atoms with Crippen molar-refractivity contribution in [2.24, 2.45) is 0 Å². The average molecular weight is 371 g/mol. The van der Waals surface area contributed by atoms with Gasteiger partial charge in [0.05, 0.1) is 6.04 Å². The maximum Gasteiger partial charge on any atom is 0.287 e. The molecule has 0 aliphatic heterocycles. The molecule has 138 valence electrons. The van der Waals surface area contributed by atoms with E-state index in [-0.39, 0.29) is 11.9 Å². The van der Waals surface area contributed by atoms with Crippen molar-refractivity contribution in [3.05, 3.63) is 57.5 Å². The lowest BCUT2D eigenvalue weighted by molar-refractivity contribution is 0.0908. The van der Waals surface area contributed by atoms with Gasteiger partial charge in [-0.05, 0) is 54.9 Å². The van der Waals surface area contributed by atoms with Gasteiger partial charge in [-0.1, -0.05) is 32.0 Å². The third-order valence-electron chi connectivity index (χ3n) is 5.00. The van der Waals surface area contributed by atoms with Crippen LogP contribution in [0.4, 0.5) is 0 Å². The molecular formula is C21H26N2O2S. The summed E-state index contributed by atoms with van der Waals surface area (Å²) >= 11 is 1.69. The maximum atomic E-state index is 12.8. The number of amides is 1. The molecule has 5 heteroatoms. The summed E-state index contributed by atoms with van der Waals surface area (Å²) in [7, 11) is 0. The van der Waals surface area contributed by atoms with E-state index < -0.39 is 0 Å². The zero-order valence-corrected chi connectivity index (χ0v) is 16.7. The Kier molecular flexibility index (Phi) is 5.79. The molecule has 1 aromatic carbocycles. The number of hydrogen-bond donors (Lipinski definition) is 1. The van der Waals surface area contributed by atoms with E-state index in [2.05, 4.69) is 40.9 Å². The van der Waals surface area contributed by atoms with Gasteiger partial charge < -0.3 is 9.73 Å². The van der Waals surface area contributed by atoms with Gasteiger partial charge in [0.15, 0.2) is 5.76 Å². The molecule has 0 bridgehead atoms. The Morgan fingerprint density at radius 2 is 2.00 bits per heavy atom. The first-order valence-corrected chi connectivity index (χ1v) is 10.0. The predicted molar refractivity (Wildman–Crippen MR) is 108 cm³/mol. The van der Waals surface area contributed by atoms with Crippen molar-refractivity contribution >= 4 is 28.2 Å². The molecule has 0 spiro atoms. The SMILES string of the molecule is CCN(CC)C(CNC(=O)c1oc2c(C)cccc2c1C)c1ccsc1. The predicted octanol–water partition coefficient (Wildman–Crippen LogP) is 4.92. The van der Waals surface area contributed by atoms with Gasteiger partial charge in [-0.25, -0.2) is 0 Å². The van der Waals surface area contributed by atoms with Crippen LogP contribution < -0.4 is 5.32 Å². The van der Waals surface area contributed by atoms with E-state index in [9.17, 15) is 4.79 Å². The highest BCUT2D eigenvalue weighted by atomic mass is 32.1. The standard InChI is InChI=1S/C21H26N2O2S/c1-5-23(6-2)18(16-10-11-26-13-16)12-22-21(24)20-15(4)17-9-7-8-14(3)19(17)25-20/h7-11,13,18H,5-6,12H2,1-4H3,(H,22,24). The van der Waals surface area contributed by atoms with Crippen molar-refractivity contribution in [2.45, 2.75) is 33.7 Å². The van der Waals surface area contributed by atoms with E-state index in [4.69, 9.17) is 4.42 Å². The van der Waals surface area contributed by atoms with Crippen LogP contribution in [0.1, 0.15) is 47.1 Å². The minimum absolute atomic E-state index is 0.148. The highest BCUT2D eigenvalue weighted by Gasteiger charge is 2.22. The number of hydrogen-bond acceptors (Lipinski definition) is 4. The van der Waals surface area contributed by atoms with Crippen LogP contribution in [0.3, 0.4) is 0 Å². The van der Waals surface area contributed by atoms with Crippen LogP contribution >= 0.6 is 11.3 Å². The van der Waals surface area contributed by atoms with Crippen LogP contribution in [0.25, 0.3) is 11.0 Å². The van der Waals surface area contributed by atoms with Gasteiger partial charge in [-0.2, -0.15) is 11.3 Å². The Morgan fingerprint density at radius 3 is 2.62 bits per heavy atom. The molecule has 0 radical (unpaired) electrons. The number of aryl methyl sites for hydroxylation is 2. The Labute approximate surface area is 158 Å². The summed E-state index contributed by atoms with van der Waals surface area (Å²) in [5.41, 5.74) is 3.99. The molecule has 1 amide bonds. The van der Waals surface area contributed by atoms with Crippen LogP contribution in [0.5, 0.6) is 0 Å². The first-order chi connectivity index (χ1) is 12.6. The normalized spacial score (nSPS) is 12.7. The third kappa shape index (κ3) is 3.55. The Balaban J connectivity index is 1.81. The van der Waals surface area contributed by atoms with Gasteiger partial charge in [0.1, 0.15) is 5.58 Å². The van der Waals surface area contributed by atoms with Crippen LogP contribution in [0, 0.1) is 13.8 Å². The summed E-state index contributed by atoms with van der Waals surface area (Å²) in [4.78, 5) is 15.2. The molecule has 3 aromatic rings. The molecule has 4 nitrogen and oxygen atoms in total. The van der Waals surface area contributed by atoms with Crippen LogP contribution in [-0.2, 0) is 0 Å². The van der Waals surface area contributed by atoms with Crippen LogP contribution in [0.15, 0.2) is 39.4 Å². The number of fused-ring (bicyclic) bond motifs is 1. The van der Waals surface area contributed by atoms with E-state index in [0.29, 0.717) is 12.3 Å². The van der Waals surface area contributed by atoms with E-state index in [1.165, 1.54) is 5.56 Å². The number of thiophene rings is 1. The fourth-order valence-corrected chi connectivity index (χ4v) is 4.16. The topological polar surface area (TPSA) is 45.5 Å². The summed E-state index contributed by atoms with van der Waals surface area (Å²) in [6.07, 6.45) is 0. The molecule has 2 heterocycles. The van der Waals surface area contributed by atoms with Crippen molar-refractivity contribution in [1.82, 2.24) is 10.2 Å². The number of carbonyl (C=O) groups excluding carboxylic acids is 1. The molecule has 1 N–H and O–H groups in total. The average Bonchev–Trinajstić information content (AvgIpc) is 3.28. The third-order valence-corrected chi connectivity index (χ3v) is 5.71. The minimum Gasteiger partial charge on any atom is -0.450 e. The van der Waals surface area contributed by atoms with Crippen LogP contribution in [0.2, 0.25) is 0 Å².